The van der Waals surface area contributed by atoms with Gasteiger partial charge in [0.25, 0.3) is 0 Å². The van der Waals surface area contributed by atoms with Gasteiger partial charge in [0.05, 0.1) is 11.8 Å². The number of hydrogen-bond donors (Lipinski definition) is 2. The molecule has 1 unspecified atom stereocenters. The van der Waals surface area contributed by atoms with E-state index in [1.165, 1.54) is 11.9 Å². The van der Waals surface area contributed by atoms with Gasteiger partial charge in [0.2, 0.25) is 5.91 Å². The van der Waals surface area contributed by atoms with E-state index < -0.39 is 0 Å². The quantitative estimate of drug-likeness (QED) is 0.895. The number of para-hydroxylation sites is 1. The van der Waals surface area contributed by atoms with Gasteiger partial charge in [-0.25, -0.2) is 5.01 Å². The highest BCUT2D eigenvalue weighted by molar-refractivity contribution is 6.05. The third kappa shape index (κ3) is 2.53. The number of carbonyl (C=O) groups excluding carboxylic acids is 1. The predicted octanol–water partition coefficient (Wildman–Crippen LogP) is 2.80. The maximum atomic E-state index is 11.9. The van der Waals surface area contributed by atoms with Gasteiger partial charge in [0.1, 0.15) is 11.5 Å². The van der Waals surface area contributed by atoms with Gasteiger partial charge in [-0.2, -0.15) is 5.10 Å². The standard InChI is InChI=1S/C17H16N2O3/c1-11(20)19-16(12-5-4-6-13(21)9-12)10-15(18-19)14-7-2-3-8-17(14)22/h2-9,16,21-22H,10H2,1H3. The monoisotopic (exact) mass is 296 g/mol. The molecule has 2 aromatic carbocycles. The molecule has 0 bridgehead atoms. The molecule has 1 aliphatic heterocycles. The highest BCUT2D eigenvalue weighted by Gasteiger charge is 2.32. The number of aromatic hydroxyl groups is 2. The number of phenols is 2. The second-order valence-corrected chi connectivity index (χ2v) is 5.24. The number of benzene rings is 2. The number of hydrogen-bond acceptors (Lipinski definition) is 4. The van der Waals surface area contributed by atoms with Crippen molar-refractivity contribution in [1.82, 2.24) is 5.01 Å². The molecule has 1 atom stereocenters. The zero-order chi connectivity index (χ0) is 15.7. The lowest BCUT2D eigenvalue weighted by Gasteiger charge is -2.20. The van der Waals surface area contributed by atoms with Crippen LogP contribution in [-0.4, -0.2) is 26.8 Å². The van der Waals surface area contributed by atoms with Gasteiger partial charge in [-0.1, -0.05) is 24.3 Å². The Morgan fingerprint density at radius 1 is 1.18 bits per heavy atom. The lowest BCUT2D eigenvalue weighted by atomic mass is 9.98. The fourth-order valence-electron chi connectivity index (χ4n) is 2.67. The molecule has 22 heavy (non-hydrogen) atoms. The molecule has 1 heterocycles. The van der Waals surface area contributed by atoms with E-state index in [9.17, 15) is 15.0 Å². The number of amides is 1. The lowest BCUT2D eigenvalue weighted by molar-refractivity contribution is -0.130. The molecule has 0 fully saturated rings. The van der Waals surface area contributed by atoms with Crippen molar-refractivity contribution in [3.63, 3.8) is 0 Å². The van der Waals surface area contributed by atoms with Gasteiger partial charge in [-0.15, -0.1) is 0 Å². The Labute approximate surface area is 128 Å². The first kappa shape index (κ1) is 14.1. The number of rotatable bonds is 2. The number of carbonyl (C=O) groups is 1. The van der Waals surface area contributed by atoms with Gasteiger partial charge in [0, 0.05) is 18.9 Å². The fourth-order valence-corrected chi connectivity index (χ4v) is 2.67. The molecule has 0 spiro atoms. The molecule has 2 aromatic rings. The van der Waals surface area contributed by atoms with Crippen LogP contribution < -0.4 is 0 Å². The second-order valence-electron chi connectivity index (χ2n) is 5.24. The zero-order valence-corrected chi connectivity index (χ0v) is 12.1. The number of hydrazone groups is 1. The Morgan fingerprint density at radius 2 is 1.95 bits per heavy atom. The van der Waals surface area contributed by atoms with Crippen LogP contribution in [0.3, 0.4) is 0 Å². The summed E-state index contributed by atoms with van der Waals surface area (Å²) in [6, 6.07) is 13.4. The van der Waals surface area contributed by atoms with Crippen LogP contribution in [0.1, 0.15) is 30.5 Å². The lowest BCUT2D eigenvalue weighted by Crippen LogP contribution is -2.24. The van der Waals surface area contributed by atoms with Crippen LogP contribution in [0.2, 0.25) is 0 Å². The van der Waals surface area contributed by atoms with Crippen molar-refractivity contribution in [3.8, 4) is 11.5 Å². The first-order chi connectivity index (χ1) is 10.6. The second kappa shape index (κ2) is 5.52. The van der Waals surface area contributed by atoms with Crippen molar-refractivity contribution in [2.45, 2.75) is 19.4 Å². The van der Waals surface area contributed by atoms with Crippen LogP contribution in [0.5, 0.6) is 11.5 Å². The van der Waals surface area contributed by atoms with E-state index in [0.29, 0.717) is 17.7 Å². The molecule has 2 N–H and O–H groups in total. The topological polar surface area (TPSA) is 73.1 Å². The van der Waals surface area contributed by atoms with Gasteiger partial charge in [0.15, 0.2) is 0 Å². The van der Waals surface area contributed by atoms with Crippen molar-refractivity contribution in [1.29, 1.82) is 0 Å². The average molecular weight is 296 g/mol. The summed E-state index contributed by atoms with van der Waals surface area (Å²) in [6.45, 7) is 1.45. The van der Waals surface area contributed by atoms with Crippen molar-refractivity contribution in [2.75, 3.05) is 0 Å². The summed E-state index contributed by atoms with van der Waals surface area (Å²) >= 11 is 0. The highest BCUT2D eigenvalue weighted by Crippen LogP contribution is 2.35. The van der Waals surface area contributed by atoms with Crippen LogP contribution in [0.15, 0.2) is 53.6 Å². The summed E-state index contributed by atoms with van der Waals surface area (Å²) in [5.74, 6) is 0.108. The molecule has 0 aliphatic carbocycles. The van der Waals surface area contributed by atoms with Crippen LogP contribution in [0, 0.1) is 0 Å². The van der Waals surface area contributed by atoms with E-state index in [0.717, 1.165) is 5.56 Å². The summed E-state index contributed by atoms with van der Waals surface area (Å²) in [4.78, 5) is 11.9. The zero-order valence-electron chi connectivity index (χ0n) is 12.1. The molecule has 0 saturated heterocycles. The summed E-state index contributed by atoms with van der Waals surface area (Å²) < 4.78 is 0. The third-order valence-corrected chi connectivity index (χ3v) is 3.70. The Kier molecular flexibility index (Phi) is 3.55. The summed E-state index contributed by atoms with van der Waals surface area (Å²) in [7, 11) is 0. The van der Waals surface area contributed by atoms with Crippen molar-refractivity contribution < 1.29 is 15.0 Å². The van der Waals surface area contributed by atoms with Gasteiger partial charge >= 0.3 is 0 Å². The molecule has 1 amide bonds. The molecule has 0 saturated carbocycles. The smallest absolute Gasteiger partial charge is 0.240 e. The minimum atomic E-state index is -0.279. The first-order valence-corrected chi connectivity index (χ1v) is 7.01. The molecule has 5 heteroatoms. The van der Waals surface area contributed by atoms with Gasteiger partial charge < -0.3 is 10.2 Å². The van der Waals surface area contributed by atoms with E-state index in [2.05, 4.69) is 5.10 Å². The highest BCUT2D eigenvalue weighted by atomic mass is 16.3. The average Bonchev–Trinajstić information content (AvgIpc) is 2.93. The van der Waals surface area contributed by atoms with Gasteiger partial charge in [-0.05, 0) is 29.8 Å². The molecule has 1 aliphatic rings. The largest absolute Gasteiger partial charge is 0.508 e. The van der Waals surface area contributed by atoms with Crippen molar-refractivity contribution in [3.05, 3.63) is 59.7 Å². The summed E-state index contributed by atoms with van der Waals surface area (Å²) in [5.41, 5.74) is 2.09. The molecule has 5 nitrogen and oxygen atoms in total. The van der Waals surface area contributed by atoms with E-state index in [1.807, 2.05) is 12.1 Å². The maximum absolute atomic E-state index is 11.9. The van der Waals surface area contributed by atoms with Crippen molar-refractivity contribution >= 4 is 11.6 Å². The molecule has 3 rings (SSSR count). The maximum Gasteiger partial charge on any atom is 0.240 e. The molecule has 112 valence electrons. The fraction of sp³-hybridized carbons (Fsp3) is 0.176. The first-order valence-electron chi connectivity index (χ1n) is 7.01. The summed E-state index contributed by atoms with van der Waals surface area (Å²) in [6.07, 6.45) is 0.487. The Hall–Kier alpha value is -2.82. The van der Waals surface area contributed by atoms with Crippen molar-refractivity contribution in [2.24, 2.45) is 5.10 Å². The van der Waals surface area contributed by atoms with E-state index >= 15 is 0 Å². The Balaban J connectivity index is 1.99. The van der Waals surface area contributed by atoms with Gasteiger partial charge in [-0.3, -0.25) is 4.79 Å². The number of nitrogens with zero attached hydrogens (tertiary/aromatic N) is 2. The van der Waals surface area contributed by atoms with Crippen LogP contribution >= 0.6 is 0 Å². The molecular weight excluding hydrogens is 280 g/mol. The molecular formula is C17H16N2O3. The summed E-state index contributed by atoms with van der Waals surface area (Å²) in [5, 5.41) is 25.4. The predicted molar refractivity (Wildman–Crippen MR) is 82.6 cm³/mol. The Bertz CT molecular complexity index is 755. The van der Waals surface area contributed by atoms with Crippen LogP contribution in [-0.2, 0) is 4.79 Å². The molecule has 0 aromatic heterocycles. The molecule has 0 radical (unpaired) electrons. The van der Waals surface area contributed by atoms with E-state index in [4.69, 9.17) is 0 Å². The third-order valence-electron chi connectivity index (χ3n) is 3.70. The normalized spacial score (nSPS) is 17.4. The van der Waals surface area contributed by atoms with Crippen LogP contribution in [0.25, 0.3) is 0 Å². The van der Waals surface area contributed by atoms with E-state index in [1.54, 1.807) is 36.4 Å². The SMILES string of the molecule is CC(=O)N1N=C(c2ccccc2O)CC1c1cccc(O)c1. The van der Waals surface area contributed by atoms with Crippen LogP contribution in [0.4, 0.5) is 0 Å². The van der Waals surface area contributed by atoms with E-state index in [-0.39, 0.29) is 23.4 Å². The minimum absolute atomic E-state index is 0.140. The minimum Gasteiger partial charge on any atom is -0.508 e. The number of phenolic OH excluding ortho intramolecular Hbond substituents is 2. The Morgan fingerprint density at radius 3 is 2.64 bits per heavy atom.